The van der Waals surface area contributed by atoms with Crippen molar-refractivity contribution in [1.82, 2.24) is 39.0 Å². The maximum absolute atomic E-state index is 16.9. The first-order chi connectivity index (χ1) is 30.9. The van der Waals surface area contributed by atoms with Gasteiger partial charge in [-0.3, -0.25) is 32.3 Å². The minimum absolute atomic E-state index is 0.0328. The number of amides is 2. The van der Waals surface area contributed by atoms with E-state index in [-0.39, 0.29) is 47.0 Å². The van der Waals surface area contributed by atoms with Crippen LogP contribution in [0.15, 0.2) is 86.0 Å². The van der Waals surface area contributed by atoms with E-state index in [0.29, 0.717) is 11.1 Å². The molecular weight excluding hydrogens is 923 g/mol. The lowest BCUT2D eigenvalue weighted by molar-refractivity contribution is -0.0579. The number of fused-ring (bicyclic) bond motifs is 4. The fourth-order valence-electron chi connectivity index (χ4n) is 7.12. The molecule has 64 heavy (non-hydrogen) atoms. The number of carbonyl (C=O) groups excluding carboxylic acids is 2. The number of nitriles is 1. The molecule has 0 saturated carbocycles. The van der Waals surface area contributed by atoms with Crippen LogP contribution >= 0.6 is 25.8 Å². The molecule has 0 bridgehead atoms. The summed E-state index contributed by atoms with van der Waals surface area (Å²) in [7, 11) is 0. The normalized spacial score (nSPS) is 29.5. The number of rotatable bonds is 9. The molecule has 0 radical (unpaired) electrons. The van der Waals surface area contributed by atoms with Crippen LogP contribution in [0, 0.1) is 11.3 Å². The summed E-state index contributed by atoms with van der Waals surface area (Å²) in [6.45, 7) is -10.2. The third-order valence-electron chi connectivity index (χ3n) is 10.1. The van der Waals surface area contributed by atoms with Gasteiger partial charge < -0.3 is 29.2 Å². The molecule has 2 amide bonds. The lowest BCUT2D eigenvalue weighted by Gasteiger charge is -2.31. The highest BCUT2D eigenvalue weighted by Gasteiger charge is 2.54. The molecule has 3 saturated heterocycles. The van der Waals surface area contributed by atoms with Crippen molar-refractivity contribution in [2.24, 2.45) is 0 Å². The number of carbonyl (C=O) groups is 2. The van der Waals surface area contributed by atoms with E-state index in [4.69, 9.17) is 43.9 Å². The molecule has 3 aliphatic rings. The minimum Gasteiger partial charge on any atom is -0.346 e. The number of hydrogen-bond donors (Lipinski definition) is 3. The zero-order valence-electron chi connectivity index (χ0n) is 32.6. The number of nitrogens with one attached hydrogen (secondary N) is 2. The van der Waals surface area contributed by atoms with Crippen LogP contribution in [0.3, 0.4) is 0 Å². The molecule has 4 aromatic heterocycles. The van der Waals surface area contributed by atoms with E-state index in [9.17, 15) is 19.4 Å². The van der Waals surface area contributed by atoms with Gasteiger partial charge in [0.1, 0.15) is 37.1 Å². The highest BCUT2D eigenvalue weighted by atomic mass is 32.7. The SMILES string of the molecule is N#CCCOP1(=S)OC[C@H]2O[C@@H](n3cnc4c(NC(=O)c5ccccc5)ncnc43)[C@H](F)[C@@H]2O[P@](=O)(S)OC[C@H]2O[C@@H](n3cnc4c(NC(=O)c5ccccc5)ncnc43)[C@H](F)[C@@H]2O1. The smallest absolute Gasteiger partial charge is 0.346 e. The molecule has 332 valence electrons. The second-order valence-corrected chi connectivity index (χ2v) is 20.0. The molecule has 27 heteroatoms. The average molecular weight is 956 g/mol. The Morgan fingerprint density at radius 1 is 0.781 bits per heavy atom. The molecule has 10 atom stereocenters. The van der Waals surface area contributed by atoms with E-state index in [0.717, 1.165) is 12.7 Å². The van der Waals surface area contributed by atoms with Gasteiger partial charge in [-0.1, -0.05) is 48.6 Å². The summed E-state index contributed by atoms with van der Waals surface area (Å²) < 4.78 is 91.5. The van der Waals surface area contributed by atoms with Crippen molar-refractivity contribution in [2.75, 3.05) is 30.5 Å². The summed E-state index contributed by atoms with van der Waals surface area (Å²) in [4.78, 5) is 51.3. The van der Waals surface area contributed by atoms with Gasteiger partial charge >= 0.3 is 13.5 Å². The molecule has 3 fully saturated rings. The Morgan fingerprint density at radius 2 is 1.27 bits per heavy atom. The summed E-state index contributed by atoms with van der Waals surface area (Å²) in [6, 6.07) is 18.6. The first-order valence-corrected chi connectivity index (χ1v) is 24.4. The quantitative estimate of drug-likeness (QED) is 0.0899. The number of thiol groups is 1. The number of imidazole rings is 2. The van der Waals surface area contributed by atoms with Crippen molar-refractivity contribution in [3.8, 4) is 6.07 Å². The first-order valence-electron chi connectivity index (χ1n) is 19.2. The van der Waals surface area contributed by atoms with Gasteiger partial charge in [0.15, 0.2) is 58.8 Å². The van der Waals surface area contributed by atoms with E-state index in [1.54, 1.807) is 60.7 Å². The second kappa shape index (κ2) is 18.3. The van der Waals surface area contributed by atoms with Crippen molar-refractivity contribution < 1.29 is 55.0 Å². The van der Waals surface area contributed by atoms with E-state index in [1.807, 2.05) is 6.07 Å². The molecule has 0 aliphatic carbocycles. The molecule has 6 aromatic rings. The van der Waals surface area contributed by atoms with Gasteiger partial charge in [0.2, 0.25) is 0 Å². The predicted molar refractivity (Wildman–Crippen MR) is 226 cm³/mol. The standard InChI is InChI=1S/C37H33F2N11O10P2S2/c38-24-28-23(58-36(24)49-18-45-26-30(41-16-43-32(26)49)47-34(51)20-8-3-1-4-9-20)15-56-62(64,54-13-7-12-40)60-29-22(14-55-61(53,63)59-28)57-37(25(29)39)50-19-46-27-31(42-17-44-33(27)50)48-35(52)21-10-5-2-6-11-21/h1-6,8-11,16-19,22-25,28-29,36-37H,7,13-15H2,(H,53,63)(H,41,43,47,51)(H,42,44,48,52)/t22-,23-,24-,25-,28-,29-,36-,37-,61-,62?/m1/s1. The van der Waals surface area contributed by atoms with Gasteiger partial charge in [0.25, 0.3) is 11.8 Å². The Kier molecular flexibility index (Phi) is 12.6. The third-order valence-corrected chi connectivity index (χ3v) is 14.1. The summed E-state index contributed by atoms with van der Waals surface area (Å²) in [5.41, 5.74) is 1.02. The number of hydrogen-bond acceptors (Lipinski definition) is 18. The average Bonchev–Trinajstić information content (AvgIpc) is 4.07. The Morgan fingerprint density at radius 3 is 1.77 bits per heavy atom. The first kappa shape index (κ1) is 44.0. The van der Waals surface area contributed by atoms with Crippen LogP contribution in [0.5, 0.6) is 0 Å². The molecule has 0 spiro atoms. The monoisotopic (exact) mass is 955 g/mol. The fourth-order valence-corrected chi connectivity index (χ4v) is 10.7. The van der Waals surface area contributed by atoms with Crippen molar-refractivity contribution in [3.05, 3.63) is 97.1 Å². The Hall–Kier alpha value is -5.22. The number of anilines is 2. The number of alkyl halides is 2. The minimum atomic E-state index is -4.54. The molecule has 21 nitrogen and oxygen atoms in total. The van der Waals surface area contributed by atoms with Crippen LogP contribution in [0.4, 0.5) is 20.4 Å². The van der Waals surface area contributed by atoms with Crippen LogP contribution in [0.1, 0.15) is 39.6 Å². The maximum Gasteiger partial charge on any atom is 0.386 e. The second-order valence-electron chi connectivity index (χ2n) is 14.1. The topological polar surface area (TPSA) is 251 Å². The molecule has 2 aromatic carbocycles. The van der Waals surface area contributed by atoms with E-state index in [1.165, 1.54) is 21.8 Å². The molecule has 2 N–H and O–H groups in total. The molecule has 3 aliphatic heterocycles. The summed E-state index contributed by atoms with van der Waals surface area (Å²) in [5, 5.41) is 14.6. The predicted octanol–water partition coefficient (Wildman–Crippen LogP) is 5.65. The highest BCUT2D eigenvalue weighted by Crippen LogP contribution is 2.60. The van der Waals surface area contributed by atoms with Gasteiger partial charge in [-0.05, 0) is 36.1 Å². The van der Waals surface area contributed by atoms with Crippen LogP contribution in [0.25, 0.3) is 22.3 Å². The van der Waals surface area contributed by atoms with Crippen molar-refractivity contribution in [3.63, 3.8) is 0 Å². The maximum atomic E-state index is 16.9. The van der Waals surface area contributed by atoms with Crippen LogP contribution < -0.4 is 10.6 Å². The number of aromatic nitrogens is 8. The van der Waals surface area contributed by atoms with Gasteiger partial charge in [-0.25, -0.2) is 43.2 Å². The van der Waals surface area contributed by atoms with Crippen molar-refractivity contribution in [2.45, 2.75) is 55.6 Å². The zero-order valence-corrected chi connectivity index (χ0v) is 36.1. The number of benzene rings is 2. The Labute approximate surface area is 370 Å². The zero-order chi connectivity index (χ0) is 44.6. The largest absolute Gasteiger partial charge is 0.386 e. The van der Waals surface area contributed by atoms with Gasteiger partial charge in [0.05, 0.1) is 45.0 Å². The van der Waals surface area contributed by atoms with Gasteiger partial charge in [-0.15, -0.1) is 0 Å². The summed E-state index contributed by atoms with van der Waals surface area (Å²) in [6.07, 6.45) is -8.91. The molecule has 9 rings (SSSR count). The molecular formula is C37H33F2N11O10P2S2. The van der Waals surface area contributed by atoms with Crippen molar-refractivity contribution >= 4 is 83.3 Å². The number of nitrogens with zero attached hydrogens (tertiary/aromatic N) is 9. The molecule has 7 heterocycles. The van der Waals surface area contributed by atoms with Crippen LogP contribution in [0.2, 0.25) is 0 Å². The lowest BCUT2D eigenvalue weighted by atomic mass is 10.1. The Bertz CT molecular complexity index is 2850. The Balaban J connectivity index is 0.975. The van der Waals surface area contributed by atoms with Gasteiger partial charge in [-0.2, -0.15) is 5.26 Å². The van der Waals surface area contributed by atoms with Crippen LogP contribution in [-0.4, -0.2) is 107 Å². The fraction of sp³-hybridized carbons (Fsp3) is 0.324. The number of halogens is 2. The summed E-state index contributed by atoms with van der Waals surface area (Å²) >= 11 is 9.86. The van der Waals surface area contributed by atoms with E-state index < -0.39 is 87.8 Å². The van der Waals surface area contributed by atoms with E-state index >= 15 is 8.78 Å². The lowest BCUT2D eigenvalue weighted by Crippen LogP contribution is -2.37. The summed E-state index contributed by atoms with van der Waals surface area (Å²) in [5.74, 6) is -0.890. The number of ether oxygens (including phenoxy) is 2. The van der Waals surface area contributed by atoms with Gasteiger partial charge in [0, 0.05) is 11.1 Å². The van der Waals surface area contributed by atoms with Crippen molar-refractivity contribution in [1.29, 1.82) is 5.26 Å². The molecule has 1 unspecified atom stereocenters. The van der Waals surface area contributed by atoms with Crippen LogP contribution in [-0.2, 0) is 48.5 Å². The third kappa shape index (κ3) is 8.91. The van der Waals surface area contributed by atoms with E-state index in [2.05, 4.69) is 52.8 Å². The highest BCUT2D eigenvalue weighted by molar-refractivity contribution is 8.44.